The van der Waals surface area contributed by atoms with Crippen molar-refractivity contribution in [2.75, 3.05) is 32.6 Å². The zero-order valence-corrected chi connectivity index (χ0v) is 16.8. The van der Waals surface area contributed by atoms with Crippen LogP contribution in [0.4, 0.5) is 5.69 Å². The normalized spacial score (nSPS) is 24.0. The summed E-state index contributed by atoms with van der Waals surface area (Å²) >= 11 is 3.61. The van der Waals surface area contributed by atoms with Crippen molar-refractivity contribution in [3.05, 3.63) is 34.3 Å². The van der Waals surface area contributed by atoms with Crippen LogP contribution in [0.25, 0.3) is 0 Å². The van der Waals surface area contributed by atoms with Crippen molar-refractivity contribution in [3.63, 3.8) is 0 Å². The van der Waals surface area contributed by atoms with Crippen molar-refractivity contribution < 1.29 is 24.5 Å². The number of likely N-dealkylation sites (tertiary alicyclic amines) is 1. The molecule has 2 atom stereocenters. The molecule has 0 amide bonds. The predicted octanol–water partition coefficient (Wildman–Crippen LogP) is 2.54. The number of hydrogen-bond acceptors (Lipinski definition) is 5. The Hall–Kier alpha value is -2.06. The molecule has 8 heteroatoms. The van der Waals surface area contributed by atoms with Crippen LogP contribution in [0.1, 0.15) is 18.9 Å². The number of hydrogen-bond donors (Lipinski definition) is 2. The maximum atomic E-state index is 9.55. The second-order valence-electron chi connectivity index (χ2n) is 6.65. The van der Waals surface area contributed by atoms with Gasteiger partial charge in [-0.25, -0.2) is 9.59 Å². The van der Waals surface area contributed by atoms with E-state index in [4.69, 9.17) is 14.9 Å². The fourth-order valence-corrected chi connectivity index (χ4v) is 4.37. The lowest BCUT2D eigenvalue weighted by Crippen LogP contribution is -2.45. The molecule has 0 unspecified atom stereocenters. The molecule has 0 aliphatic carbocycles. The third kappa shape index (κ3) is 3.71. The number of carboxylic acids is 2. The largest absolute Gasteiger partial charge is 0.495 e. The highest BCUT2D eigenvalue weighted by atomic mass is 79.9. The fourth-order valence-electron chi connectivity index (χ4n) is 3.87. The molecule has 1 aromatic carbocycles. The van der Waals surface area contributed by atoms with Gasteiger partial charge in [0.15, 0.2) is 0 Å². The first kappa shape index (κ1) is 20.3. The van der Waals surface area contributed by atoms with Crippen molar-refractivity contribution >= 4 is 33.6 Å². The number of rotatable bonds is 3. The van der Waals surface area contributed by atoms with Crippen molar-refractivity contribution in [2.45, 2.75) is 24.9 Å². The van der Waals surface area contributed by atoms with E-state index in [2.05, 4.69) is 58.9 Å². The fraction of sp³-hybridized carbons (Fsp3) is 0.444. The van der Waals surface area contributed by atoms with Crippen LogP contribution in [-0.2, 0) is 15.0 Å². The van der Waals surface area contributed by atoms with Gasteiger partial charge in [0, 0.05) is 42.9 Å². The number of ether oxygens (including phenoxy) is 1. The highest BCUT2D eigenvalue weighted by molar-refractivity contribution is 9.10. The van der Waals surface area contributed by atoms with E-state index in [-0.39, 0.29) is 5.41 Å². The second-order valence-corrected chi connectivity index (χ2v) is 7.50. The van der Waals surface area contributed by atoms with Crippen molar-refractivity contribution in [3.8, 4) is 5.75 Å². The lowest BCUT2D eigenvalue weighted by Gasteiger charge is -2.32. The topological polar surface area (TPSA) is 90.3 Å². The molecule has 3 rings (SSSR count). The average molecular weight is 427 g/mol. The molecular formula is C18H23BrN2O5. The smallest absolute Gasteiger partial charge is 0.328 e. The third-order valence-electron chi connectivity index (χ3n) is 4.97. The summed E-state index contributed by atoms with van der Waals surface area (Å²) < 4.78 is 6.46. The van der Waals surface area contributed by atoms with Gasteiger partial charge in [0.1, 0.15) is 5.75 Å². The number of nitrogens with zero attached hydrogens (tertiary/aromatic N) is 2. The zero-order valence-electron chi connectivity index (χ0n) is 15.2. The molecule has 7 nitrogen and oxygen atoms in total. The lowest BCUT2D eigenvalue weighted by molar-refractivity contribution is -0.134. The number of carbonyl (C=O) groups is 2. The SMILES string of the molecule is COc1cc2c(cc1Br)[C@@]1(C)CCN(C)[C@H]1N2C.O=C(O)/C=C/C(=O)O. The van der Waals surface area contributed by atoms with E-state index in [1.54, 1.807) is 7.11 Å². The number of aliphatic carboxylic acids is 2. The van der Waals surface area contributed by atoms with Crippen molar-refractivity contribution in [1.82, 2.24) is 4.90 Å². The first-order valence-corrected chi connectivity index (χ1v) is 8.86. The molecule has 2 aliphatic rings. The molecule has 2 N–H and O–H groups in total. The van der Waals surface area contributed by atoms with Gasteiger partial charge >= 0.3 is 11.9 Å². The second kappa shape index (κ2) is 7.67. The predicted molar refractivity (Wildman–Crippen MR) is 102 cm³/mol. The van der Waals surface area contributed by atoms with Gasteiger partial charge in [-0.1, -0.05) is 6.92 Å². The highest BCUT2D eigenvalue weighted by Gasteiger charge is 2.52. The molecule has 1 fully saturated rings. The molecule has 1 aromatic rings. The number of benzene rings is 1. The van der Waals surface area contributed by atoms with Crippen LogP contribution in [0.15, 0.2) is 28.8 Å². The molecule has 0 bridgehead atoms. The molecular weight excluding hydrogens is 404 g/mol. The summed E-state index contributed by atoms with van der Waals surface area (Å²) in [5.74, 6) is -1.60. The van der Waals surface area contributed by atoms with E-state index in [1.807, 2.05) is 0 Å². The molecule has 0 radical (unpaired) electrons. The van der Waals surface area contributed by atoms with Gasteiger partial charge in [0.2, 0.25) is 0 Å². The van der Waals surface area contributed by atoms with Crippen LogP contribution in [0, 0.1) is 0 Å². The number of fused-ring (bicyclic) bond motifs is 3. The van der Waals surface area contributed by atoms with Gasteiger partial charge in [-0.3, -0.25) is 4.90 Å². The van der Waals surface area contributed by atoms with Gasteiger partial charge in [-0.2, -0.15) is 0 Å². The zero-order chi connectivity index (χ0) is 19.6. The first-order chi connectivity index (χ1) is 12.1. The van der Waals surface area contributed by atoms with Crippen LogP contribution in [-0.4, -0.2) is 61.0 Å². The minimum Gasteiger partial charge on any atom is -0.495 e. The summed E-state index contributed by atoms with van der Waals surface area (Å²) in [5.41, 5.74) is 2.97. The van der Waals surface area contributed by atoms with E-state index in [9.17, 15) is 9.59 Å². The molecule has 0 aromatic heterocycles. The Balaban J connectivity index is 0.000000260. The van der Waals surface area contributed by atoms with E-state index >= 15 is 0 Å². The maximum absolute atomic E-state index is 9.55. The Morgan fingerprint density at radius 1 is 1.27 bits per heavy atom. The van der Waals surface area contributed by atoms with Crippen molar-refractivity contribution in [2.24, 2.45) is 0 Å². The number of likely N-dealkylation sites (N-methyl/N-ethyl adjacent to an activating group) is 2. The number of methoxy groups -OCH3 is 1. The minimum atomic E-state index is -1.26. The van der Waals surface area contributed by atoms with Crippen LogP contribution < -0.4 is 9.64 Å². The van der Waals surface area contributed by atoms with E-state index in [0.717, 1.165) is 16.8 Å². The standard InChI is InChI=1S/C14H19BrN2O.C4H4O4/c1-14-5-6-16(2)13(14)17(3)11-8-12(18-4)10(15)7-9(11)14;5-3(6)1-2-4(7)8/h7-8,13H,5-6H2,1-4H3;1-2H,(H,5,6)(H,7,8)/b;2-1+/t13-,14+;/m0./s1. The Labute approximate surface area is 161 Å². The number of carboxylic acid groups (broad SMARTS) is 2. The first-order valence-electron chi connectivity index (χ1n) is 8.07. The summed E-state index contributed by atoms with van der Waals surface area (Å²) in [4.78, 5) is 23.9. The summed E-state index contributed by atoms with van der Waals surface area (Å²) in [6.07, 6.45) is 2.79. The number of halogens is 1. The Morgan fingerprint density at radius 2 is 1.85 bits per heavy atom. The third-order valence-corrected chi connectivity index (χ3v) is 5.59. The molecule has 1 saturated heterocycles. The molecule has 0 saturated carbocycles. The average Bonchev–Trinajstić information content (AvgIpc) is 2.98. The van der Waals surface area contributed by atoms with Gasteiger partial charge in [0.25, 0.3) is 0 Å². The monoisotopic (exact) mass is 426 g/mol. The minimum absolute atomic E-state index is 0.230. The molecule has 142 valence electrons. The molecule has 2 heterocycles. The van der Waals surface area contributed by atoms with Gasteiger partial charge in [0.05, 0.1) is 17.7 Å². The molecule has 0 spiro atoms. The van der Waals surface area contributed by atoms with Gasteiger partial charge in [-0.15, -0.1) is 0 Å². The maximum Gasteiger partial charge on any atom is 0.328 e. The summed E-state index contributed by atoms with van der Waals surface area (Å²) in [5, 5.41) is 15.6. The van der Waals surface area contributed by atoms with E-state index < -0.39 is 11.9 Å². The summed E-state index contributed by atoms with van der Waals surface area (Å²) in [6.45, 7) is 3.54. The van der Waals surface area contributed by atoms with Crippen LogP contribution in [0.5, 0.6) is 5.75 Å². The van der Waals surface area contributed by atoms with Gasteiger partial charge in [-0.05, 0) is 41.0 Å². The highest BCUT2D eigenvalue weighted by Crippen LogP contribution is 2.52. The van der Waals surface area contributed by atoms with Crippen LogP contribution >= 0.6 is 15.9 Å². The Morgan fingerprint density at radius 3 is 2.35 bits per heavy atom. The Bertz CT molecular complexity index is 735. The van der Waals surface area contributed by atoms with Gasteiger partial charge < -0.3 is 19.8 Å². The molecule has 2 aliphatic heterocycles. The quantitative estimate of drug-likeness (QED) is 0.717. The lowest BCUT2D eigenvalue weighted by atomic mass is 9.81. The summed E-state index contributed by atoms with van der Waals surface area (Å²) in [7, 11) is 6.12. The molecule has 26 heavy (non-hydrogen) atoms. The van der Waals surface area contributed by atoms with Crippen LogP contribution in [0.3, 0.4) is 0 Å². The van der Waals surface area contributed by atoms with E-state index in [1.165, 1.54) is 17.7 Å². The summed E-state index contributed by atoms with van der Waals surface area (Å²) in [6, 6.07) is 4.39. The van der Waals surface area contributed by atoms with Crippen LogP contribution in [0.2, 0.25) is 0 Å². The van der Waals surface area contributed by atoms with E-state index in [0.29, 0.717) is 18.3 Å². The van der Waals surface area contributed by atoms with Crippen molar-refractivity contribution in [1.29, 1.82) is 0 Å². The number of anilines is 1. The Kier molecular flexibility index (Phi) is 5.98.